The molecule has 0 spiro atoms. The fraction of sp³-hybridized carbons (Fsp3) is 0.391. The lowest BCUT2D eigenvalue weighted by molar-refractivity contribution is 0.0554. The molecule has 3 aromatic rings. The van der Waals surface area contributed by atoms with Crippen molar-refractivity contribution < 1.29 is 18.8 Å². The van der Waals surface area contributed by atoms with Gasteiger partial charge in [0.2, 0.25) is 11.7 Å². The zero-order valence-electron chi connectivity index (χ0n) is 17.5. The largest absolute Gasteiger partial charge is 0.497 e. The molecule has 4 heterocycles. The van der Waals surface area contributed by atoms with Crippen molar-refractivity contribution in [2.75, 3.05) is 14.2 Å². The highest BCUT2D eigenvalue weighted by Crippen LogP contribution is 2.43. The summed E-state index contributed by atoms with van der Waals surface area (Å²) in [6.07, 6.45) is 7.04. The van der Waals surface area contributed by atoms with Crippen LogP contribution in [0.15, 0.2) is 47.2 Å². The lowest BCUT2D eigenvalue weighted by Gasteiger charge is -2.38. The van der Waals surface area contributed by atoms with Crippen LogP contribution >= 0.6 is 0 Å². The zero-order valence-corrected chi connectivity index (χ0v) is 17.5. The number of ether oxygens (including phenoxy) is 2. The highest BCUT2D eigenvalue weighted by Gasteiger charge is 2.45. The number of methoxy groups -OCH3 is 2. The molecule has 2 aliphatic heterocycles. The van der Waals surface area contributed by atoms with Gasteiger partial charge in [0, 0.05) is 47.6 Å². The SMILES string of the molecule is COc1cc(OC)cc(C(=O)N2[C@@H]3CC[C@H]2CC(c2nc(-c4ccncc4)no2)C3)c1. The van der Waals surface area contributed by atoms with Crippen LogP contribution < -0.4 is 9.47 Å². The van der Waals surface area contributed by atoms with Crippen LogP contribution in [0, 0.1) is 0 Å². The summed E-state index contributed by atoms with van der Waals surface area (Å²) < 4.78 is 16.3. The predicted octanol–water partition coefficient (Wildman–Crippen LogP) is 3.70. The van der Waals surface area contributed by atoms with E-state index in [-0.39, 0.29) is 23.9 Å². The molecule has 8 heteroatoms. The van der Waals surface area contributed by atoms with Crippen molar-refractivity contribution in [1.82, 2.24) is 20.0 Å². The Balaban J connectivity index is 1.35. The Morgan fingerprint density at radius 2 is 1.68 bits per heavy atom. The molecule has 1 amide bonds. The molecule has 8 nitrogen and oxygen atoms in total. The molecule has 31 heavy (non-hydrogen) atoms. The molecule has 1 unspecified atom stereocenters. The number of nitrogens with zero attached hydrogens (tertiary/aromatic N) is 4. The molecule has 0 saturated carbocycles. The predicted molar refractivity (Wildman–Crippen MR) is 112 cm³/mol. The molecule has 2 bridgehead atoms. The Bertz CT molecular complexity index is 1050. The van der Waals surface area contributed by atoms with Crippen molar-refractivity contribution in [1.29, 1.82) is 0 Å². The van der Waals surface area contributed by atoms with Gasteiger partial charge in [0.05, 0.1) is 14.2 Å². The monoisotopic (exact) mass is 420 g/mol. The minimum atomic E-state index is 0.0196. The number of fused-ring (bicyclic) bond motifs is 2. The van der Waals surface area contributed by atoms with E-state index in [9.17, 15) is 4.79 Å². The Morgan fingerprint density at radius 1 is 1.03 bits per heavy atom. The highest BCUT2D eigenvalue weighted by molar-refractivity contribution is 5.95. The first-order valence-corrected chi connectivity index (χ1v) is 10.5. The molecule has 0 aliphatic carbocycles. The summed E-state index contributed by atoms with van der Waals surface area (Å²) in [5.74, 6) is 2.63. The van der Waals surface area contributed by atoms with Gasteiger partial charge in [0.1, 0.15) is 11.5 Å². The number of aromatic nitrogens is 3. The number of hydrogen-bond donors (Lipinski definition) is 0. The van der Waals surface area contributed by atoms with Gasteiger partial charge in [-0.3, -0.25) is 9.78 Å². The van der Waals surface area contributed by atoms with Crippen molar-refractivity contribution in [3.63, 3.8) is 0 Å². The van der Waals surface area contributed by atoms with Crippen LogP contribution in [0.4, 0.5) is 0 Å². The lowest BCUT2D eigenvalue weighted by atomic mass is 9.90. The standard InChI is InChI=1S/C23H24N4O4/c1-29-19-11-16(12-20(13-19)30-2)23(28)27-17-3-4-18(27)10-15(9-17)22-25-21(26-31-22)14-5-7-24-8-6-14/h5-8,11-13,15,17-18H,3-4,9-10H2,1-2H3/t15?,17-,18+. The molecule has 0 N–H and O–H groups in total. The summed E-state index contributed by atoms with van der Waals surface area (Å²) in [4.78, 5) is 24.1. The van der Waals surface area contributed by atoms with Gasteiger partial charge in [0.15, 0.2) is 0 Å². The van der Waals surface area contributed by atoms with Gasteiger partial charge in [-0.15, -0.1) is 0 Å². The molecule has 160 valence electrons. The Labute approximate surface area is 180 Å². The molecule has 2 aromatic heterocycles. The average Bonchev–Trinajstić information content (AvgIpc) is 3.41. The third-order valence-corrected chi connectivity index (χ3v) is 6.30. The van der Waals surface area contributed by atoms with Crippen LogP contribution in [-0.2, 0) is 0 Å². The first-order valence-electron chi connectivity index (χ1n) is 10.5. The van der Waals surface area contributed by atoms with E-state index in [0.717, 1.165) is 31.2 Å². The van der Waals surface area contributed by atoms with Crippen LogP contribution in [0.3, 0.4) is 0 Å². The molecule has 3 atom stereocenters. The summed E-state index contributed by atoms with van der Waals surface area (Å²) in [5, 5.41) is 4.15. The summed E-state index contributed by atoms with van der Waals surface area (Å²) in [6, 6.07) is 9.36. The molecule has 5 rings (SSSR count). The van der Waals surface area contributed by atoms with Gasteiger partial charge < -0.3 is 18.9 Å². The molecule has 0 radical (unpaired) electrons. The normalized spacial score (nSPS) is 22.4. The van der Waals surface area contributed by atoms with Gasteiger partial charge >= 0.3 is 0 Å². The van der Waals surface area contributed by atoms with Crippen molar-refractivity contribution in [3.8, 4) is 22.9 Å². The smallest absolute Gasteiger partial charge is 0.254 e. The molecule has 1 aromatic carbocycles. The zero-order chi connectivity index (χ0) is 21.4. The van der Waals surface area contributed by atoms with Gasteiger partial charge in [-0.25, -0.2) is 0 Å². The highest BCUT2D eigenvalue weighted by atomic mass is 16.5. The van der Waals surface area contributed by atoms with E-state index in [1.165, 1.54) is 0 Å². The van der Waals surface area contributed by atoms with Crippen LogP contribution in [0.2, 0.25) is 0 Å². The Morgan fingerprint density at radius 3 is 2.29 bits per heavy atom. The maximum Gasteiger partial charge on any atom is 0.254 e. The second-order valence-electron chi connectivity index (χ2n) is 8.06. The third-order valence-electron chi connectivity index (χ3n) is 6.30. The summed E-state index contributed by atoms with van der Waals surface area (Å²) in [7, 11) is 3.17. The van der Waals surface area contributed by atoms with Crippen LogP contribution in [0.5, 0.6) is 11.5 Å². The molecule has 2 aliphatic rings. The maximum absolute atomic E-state index is 13.4. The van der Waals surface area contributed by atoms with E-state index in [1.807, 2.05) is 17.0 Å². The average molecular weight is 420 g/mol. The fourth-order valence-corrected chi connectivity index (χ4v) is 4.81. The Hall–Kier alpha value is -3.42. The second kappa shape index (κ2) is 8.02. The van der Waals surface area contributed by atoms with Gasteiger partial charge in [0.25, 0.3) is 5.91 Å². The number of carbonyl (C=O) groups excluding carboxylic acids is 1. The van der Waals surface area contributed by atoms with E-state index in [1.54, 1.807) is 44.8 Å². The molecule has 2 saturated heterocycles. The number of pyridine rings is 1. The minimum Gasteiger partial charge on any atom is -0.497 e. The van der Waals surface area contributed by atoms with Crippen molar-refractivity contribution in [2.24, 2.45) is 0 Å². The lowest BCUT2D eigenvalue weighted by Crippen LogP contribution is -2.46. The number of amides is 1. The minimum absolute atomic E-state index is 0.0196. The van der Waals surface area contributed by atoms with E-state index >= 15 is 0 Å². The third kappa shape index (κ3) is 3.62. The summed E-state index contributed by atoms with van der Waals surface area (Å²) in [6.45, 7) is 0. The maximum atomic E-state index is 13.4. The first kappa shape index (κ1) is 19.5. The Kier molecular flexibility index (Phi) is 5.05. The molecule has 2 fully saturated rings. The van der Waals surface area contributed by atoms with E-state index in [2.05, 4.69) is 15.1 Å². The van der Waals surface area contributed by atoms with E-state index < -0.39 is 0 Å². The molecular weight excluding hydrogens is 396 g/mol. The number of rotatable bonds is 5. The summed E-state index contributed by atoms with van der Waals surface area (Å²) >= 11 is 0. The van der Waals surface area contributed by atoms with Crippen molar-refractivity contribution in [2.45, 2.75) is 43.7 Å². The number of benzene rings is 1. The summed E-state index contributed by atoms with van der Waals surface area (Å²) in [5.41, 5.74) is 1.47. The number of carbonyl (C=O) groups is 1. The van der Waals surface area contributed by atoms with Gasteiger partial charge in [-0.1, -0.05) is 5.16 Å². The fourth-order valence-electron chi connectivity index (χ4n) is 4.81. The number of piperidine rings is 1. The van der Waals surface area contributed by atoms with E-state index in [0.29, 0.717) is 28.8 Å². The van der Waals surface area contributed by atoms with Gasteiger partial charge in [-0.2, -0.15) is 4.98 Å². The van der Waals surface area contributed by atoms with Crippen LogP contribution in [0.1, 0.15) is 47.8 Å². The van der Waals surface area contributed by atoms with Crippen molar-refractivity contribution >= 4 is 5.91 Å². The quantitative estimate of drug-likeness (QED) is 0.622. The van der Waals surface area contributed by atoms with Crippen LogP contribution in [0.25, 0.3) is 11.4 Å². The van der Waals surface area contributed by atoms with Crippen LogP contribution in [-0.4, -0.2) is 52.2 Å². The second-order valence-corrected chi connectivity index (χ2v) is 8.06. The topological polar surface area (TPSA) is 90.6 Å². The first-order chi connectivity index (χ1) is 15.2. The number of hydrogen-bond acceptors (Lipinski definition) is 7. The van der Waals surface area contributed by atoms with E-state index in [4.69, 9.17) is 14.0 Å². The molecular formula is C23H24N4O4. The van der Waals surface area contributed by atoms with Crippen molar-refractivity contribution in [3.05, 3.63) is 54.2 Å². The van der Waals surface area contributed by atoms with Gasteiger partial charge in [-0.05, 0) is 49.9 Å².